The van der Waals surface area contributed by atoms with Crippen LogP contribution in [-0.2, 0) is 6.54 Å². The maximum absolute atomic E-state index is 12.0. The van der Waals surface area contributed by atoms with Crippen molar-refractivity contribution in [3.8, 4) is 11.5 Å². The van der Waals surface area contributed by atoms with Crippen molar-refractivity contribution in [3.63, 3.8) is 0 Å². The largest absolute Gasteiger partial charge is 0.454 e. The van der Waals surface area contributed by atoms with E-state index in [1.54, 1.807) is 4.90 Å². The van der Waals surface area contributed by atoms with Gasteiger partial charge in [0.15, 0.2) is 11.5 Å². The second-order valence-corrected chi connectivity index (χ2v) is 5.09. The highest BCUT2D eigenvalue weighted by Gasteiger charge is 2.21. The molecule has 3 rings (SSSR count). The molecular weight excluding hydrogens is 260 g/mol. The number of carbonyl (C=O) groups excluding carboxylic acids is 1. The van der Waals surface area contributed by atoms with Gasteiger partial charge in [-0.1, -0.05) is 6.07 Å². The van der Waals surface area contributed by atoms with Crippen LogP contribution < -0.4 is 14.8 Å². The molecule has 6 nitrogen and oxygen atoms in total. The molecule has 0 spiro atoms. The number of likely N-dealkylation sites (tertiary alicyclic amines) is 1. The van der Waals surface area contributed by atoms with E-state index in [0.29, 0.717) is 25.4 Å². The summed E-state index contributed by atoms with van der Waals surface area (Å²) in [6.07, 6.45) is 1.21. The predicted molar refractivity (Wildman–Crippen MR) is 71.6 cm³/mol. The van der Waals surface area contributed by atoms with Gasteiger partial charge in [-0.25, -0.2) is 4.79 Å². The average Bonchev–Trinajstić information content (AvgIpc) is 2.92. The molecular formula is C14H18N2O4. The van der Waals surface area contributed by atoms with Gasteiger partial charge in [0, 0.05) is 19.6 Å². The number of fused-ring (bicyclic) bond motifs is 1. The van der Waals surface area contributed by atoms with Gasteiger partial charge in [-0.2, -0.15) is 0 Å². The molecule has 0 unspecified atom stereocenters. The molecule has 108 valence electrons. The van der Waals surface area contributed by atoms with Crippen molar-refractivity contribution < 1.29 is 19.4 Å². The number of ether oxygens (including phenoxy) is 2. The molecule has 2 aliphatic heterocycles. The van der Waals surface area contributed by atoms with Crippen molar-refractivity contribution in [2.24, 2.45) is 0 Å². The summed E-state index contributed by atoms with van der Waals surface area (Å²) < 4.78 is 10.5. The SMILES string of the molecule is O=C(NCc1ccc2c(c1)OCO2)N1CCC[C@@H](O)C1. The van der Waals surface area contributed by atoms with Crippen LogP contribution in [0.15, 0.2) is 18.2 Å². The van der Waals surface area contributed by atoms with Gasteiger partial charge in [-0.3, -0.25) is 0 Å². The van der Waals surface area contributed by atoms with Crippen LogP contribution in [0.25, 0.3) is 0 Å². The number of aliphatic hydroxyl groups is 1. The van der Waals surface area contributed by atoms with Gasteiger partial charge in [-0.05, 0) is 30.5 Å². The van der Waals surface area contributed by atoms with E-state index in [1.807, 2.05) is 18.2 Å². The summed E-state index contributed by atoms with van der Waals surface area (Å²) in [4.78, 5) is 13.7. The molecule has 2 N–H and O–H groups in total. The van der Waals surface area contributed by atoms with Crippen LogP contribution in [0.5, 0.6) is 11.5 Å². The van der Waals surface area contributed by atoms with Gasteiger partial charge in [0.2, 0.25) is 6.79 Å². The van der Waals surface area contributed by atoms with Crippen molar-refractivity contribution in [3.05, 3.63) is 23.8 Å². The average molecular weight is 278 g/mol. The Bertz CT molecular complexity index is 506. The second kappa shape index (κ2) is 5.58. The summed E-state index contributed by atoms with van der Waals surface area (Å²) in [7, 11) is 0. The molecule has 1 fully saturated rings. The lowest BCUT2D eigenvalue weighted by Crippen LogP contribution is -2.46. The zero-order chi connectivity index (χ0) is 13.9. The standard InChI is InChI=1S/C14H18N2O4/c17-11-2-1-5-16(8-11)14(18)15-7-10-3-4-12-13(6-10)20-9-19-12/h3-4,6,11,17H,1-2,5,7-9H2,(H,15,18)/t11-/m1/s1. The number of rotatable bonds is 2. The highest BCUT2D eigenvalue weighted by atomic mass is 16.7. The minimum Gasteiger partial charge on any atom is -0.454 e. The normalized spacial score (nSPS) is 20.9. The number of piperidine rings is 1. The number of β-amino-alcohol motifs (C(OH)–C–C–N with tert-alkyl or cyclic N) is 1. The molecule has 1 aromatic carbocycles. The topological polar surface area (TPSA) is 71.0 Å². The van der Waals surface area contributed by atoms with E-state index in [2.05, 4.69) is 5.32 Å². The highest BCUT2D eigenvalue weighted by molar-refractivity contribution is 5.74. The Morgan fingerprint density at radius 3 is 3.10 bits per heavy atom. The zero-order valence-electron chi connectivity index (χ0n) is 11.2. The maximum atomic E-state index is 12.0. The Hall–Kier alpha value is -1.95. The van der Waals surface area contributed by atoms with Gasteiger partial charge in [0.25, 0.3) is 0 Å². The second-order valence-electron chi connectivity index (χ2n) is 5.09. The lowest BCUT2D eigenvalue weighted by Gasteiger charge is -2.30. The van der Waals surface area contributed by atoms with E-state index in [-0.39, 0.29) is 12.8 Å². The quantitative estimate of drug-likeness (QED) is 0.849. The summed E-state index contributed by atoms with van der Waals surface area (Å²) in [6, 6.07) is 5.47. The fourth-order valence-electron chi connectivity index (χ4n) is 2.48. The number of amides is 2. The van der Waals surface area contributed by atoms with Gasteiger partial charge in [-0.15, -0.1) is 0 Å². The number of carbonyl (C=O) groups is 1. The number of hydrogen-bond acceptors (Lipinski definition) is 4. The Morgan fingerprint density at radius 1 is 1.40 bits per heavy atom. The van der Waals surface area contributed by atoms with Crippen molar-refractivity contribution in [2.45, 2.75) is 25.5 Å². The molecule has 0 saturated carbocycles. The first-order chi connectivity index (χ1) is 9.72. The number of urea groups is 1. The molecule has 0 radical (unpaired) electrons. The third-order valence-electron chi connectivity index (χ3n) is 3.56. The molecule has 0 aromatic heterocycles. The Balaban J connectivity index is 1.55. The Kier molecular flexibility index (Phi) is 3.64. The first-order valence-corrected chi connectivity index (χ1v) is 6.82. The van der Waals surface area contributed by atoms with E-state index >= 15 is 0 Å². The zero-order valence-corrected chi connectivity index (χ0v) is 11.2. The summed E-state index contributed by atoms with van der Waals surface area (Å²) in [5.74, 6) is 1.45. The molecule has 0 aliphatic carbocycles. The van der Waals surface area contributed by atoms with E-state index < -0.39 is 6.10 Å². The first kappa shape index (κ1) is 13.1. The van der Waals surface area contributed by atoms with Gasteiger partial charge in [0.1, 0.15) is 0 Å². The molecule has 1 atom stereocenters. The van der Waals surface area contributed by atoms with Crippen LogP contribution in [-0.4, -0.2) is 42.0 Å². The summed E-state index contributed by atoms with van der Waals surface area (Å²) in [5, 5.41) is 12.4. The molecule has 20 heavy (non-hydrogen) atoms. The van der Waals surface area contributed by atoms with E-state index in [4.69, 9.17) is 9.47 Å². The molecule has 2 heterocycles. The van der Waals surface area contributed by atoms with Crippen LogP contribution in [0.4, 0.5) is 4.79 Å². The lowest BCUT2D eigenvalue weighted by atomic mass is 10.1. The van der Waals surface area contributed by atoms with Crippen LogP contribution in [0, 0.1) is 0 Å². The number of hydrogen-bond donors (Lipinski definition) is 2. The first-order valence-electron chi connectivity index (χ1n) is 6.82. The number of nitrogens with zero attached hydrogens (tertiary/aromatic N) is 1. The highest BCUT2D eigenvalue weighted by Crippen LogP contribution is 2.32. The third kappa shape index (κ3) is 2.80. The molecule has 2 aliphatic rings. The summed E-state index contributed by atoms with van der Waals surface area (Å²) in [6.45, 7) is 1.79. The summed E-state index contributed by atoms with van der Waals surface area (Å²) >= 11 is 0. The minimum atomic E-state index is -0.403. The number of aliphatic hydroxyl groups excluding tert-OH is 1. The number of benzene rings is 1. The van der Waals surface area contributed by atoms with Crippen molar-refractivity contribution in [1.29, 1.82) is 0 Å². The van der Waals surface area contributed by atoms with Crippen molar-refractivity contribution in [2.75, 3.05) is 19.9 Å². The fraction of sp³-hybridized carbons (Fsp3) is 0.500. The summed E-state index contributed by atoms with van der Waals surface area (Å²) in [5.41, 5.74) is 0.958. The predicted octanol–water partition coefficient (Wildman–Crippen LogP) is 1.08. The van der Waals surface area contributed by atoms with E-state index in [0.717, 1.165) is 24.2 Å². The lowest BCUT2D eigenvalue weighted by molar-refractivity contribution is 0.0842. The van der Waals surface area contributed by atoms with Crippen LogP contribution in [0.1, 0.15) is 18.4 Å². The maximum Gasteiger partial charge on any atom is 0.317 e. The molecule has 1 aromatic rings. The third-order valence-corrected chi connectivity index (χ3v) is 3.56. The number of nitrogens with one attached hydrogen (secondary N) is 1. The van der Waals surface area contributed by atoms with Gasteiger partial charge >= 0.3 is 6.03 Å². The monoisotopic (exact) mass is 278 g/mol. The molecule has 2 amide bonds. The minimum absolute atomic E-state index is 0.138. The molecule has 0 bridgehead atoms. The van der Waals surface area contributed by atoms with Gasteiger partial charge in [0.05, 0.1) is 6.10 Å². The van der Waals surface area contributed by atoms with E-state index in [1.165, 1.54) is 0 Å². The Labute approximate surface area is 117 Å². The van der Waals surface area contributed by atoms with Crippen molar-refractivity contribution >= 4 is 6.03 Å². The van der Waals surface area contributed by atoms with Crippen LogP contribution in [0.2, 0.25) is 0 Å². The van der Waals surface area contributed by atoms with Crippen molar-refractivity contribution in [1.82, 2.24) is 10.2 Å². The van der Waals surface area contributed by atoms with Gasteiger partial charge < -0.3 is 24.8 Å². The Morgan fingerprint density at radius 2 is 2.25 bits per heavy atom. The molecule has 1 saturated heterocycles. The fourth-order valence-corrected chi connectivity index (χ4v) is 2.48. The molecule has 6 heteroatoms. The van der Waals surface area contributed by atoms with E-state index in [9.17, 15) is 9.90 Å². The smallest absolute Gasteiger partial charge is 0.317 e. The van der Waals surface area contributed by atoms with Crippen LogP contribution in [0.3, 0.4) is 0 Å². The van der Waals surface area contributed by atoms with Crippen LogP contribution >= 0.6 is 0 Å².